The number of nitrogens with two attached hydrogens (primary N) is 1. The van der Waals surface area contributed by atoms with Crippen LogP contribution in [0.4, 0.5) is 16.3 Å². The number of aliphatic hydroxyl groups is 1. The zero-order valence-electron chi connectivity index (χ0n) is 15.0. The molecular weight excluding hydrogens is 346 g/mol. The van der Waals surface area contributed by atoms with Gasteiger partial charge in [-0.15, -0.1) is 0 Å². The smallest absolute Gasteiger partial charge is 0.320 e. The van der Waals surface area contributed by atoms with Crippen LogP contribution in [0.25, 0.3) is 0 Å². The number of pyridine rings is 1. The minimum atomic E-state index is -0.956. The molecule has 1 heterocycles. The zero-order valence-corrected chi connectivity index (χ0v) is 15.0. The summed E-state index contributed by atoms with van der Waals surface area (Å²) in [5, 5.41) is 23.9. The lowest BCUT2D eigenvalue weighted by molar-refractivity contribution is -0.0627. The molecule has 27 heavy (non-hydrogen) atoms. The van der Waals surface area contributed by atoms with Gasteiger partial charge in [0.05, 0.1) is 24.3 Å². The van der Waals surface area contributed by atoms with Crippen LogP contribution < -0.4 is 16.4 Å². The molecule has 0 spiro atoms. The van der Waals surface area contributed by atoms with E-state index in [4.69, 9.17) is 15.9 Å². The van der Waals surface area contributed by atoms with E-state index in [1.807, 2.05) is 30.3 Å². The molecule has 8 nitrogen and oxygen atoms in total. The van der Waals surface area contributed by atoms with E-state index >= 15 is 0 Å². The molecule has 1 fully saturated rings. The van der Waals surface area contributed by atoms with Gasteiger partial charge in [-0.3, -0.25) is 10.7 Å². The Morgan fingerprint density at radius 3 is 2.63 bits per heavy atom. The molecular formula is C19H23N5O3. The number of carbonyl (C=O) groups is 1. The van der Waals surface area contributed by atoms with Crippen molar-refractivity contribution in [1.82, 2.24) is 10.3 Å². The van der Waals surface area contributed by atoms with Crippen molar-refractivity contribution < 1.29 is 14.6 Å². The predicted octanol–water partition coefficient (Wildman–Crippen LogP) is 2.41. The van der Waals surface area contributed by atoms with Gasteiger partial charge in [-0.1, -0.05) is 30.3 Å². The van der Waals surface area contributed by atoms with Gasteiger partial charge < -0.3 is 20.9 Å². The van der Waals surface area contributed by atoms with Crippen LogP contribution >= 0.6 is 0 Å². The van der Waals surface area contributed by atoms with Gasteiger partial charge in [0, 0.05) is 18.0 Å². The van der Waals surface area contributed by atoms with Crippen LogP contribution in [0.3, 0.4) is 0 Å². The average molecular weight is 369 g/mol. The first-order valence-corrected chi connectivity index (χ1v) is 8.66. The molecule has 2 aromatic rings. The average Bonchev–Trinajstić information content (AvgIpc) is 2.64. The van der Waals surface area contributed by atoms with Crippen LogP contribution in [0.2, 0.25) is 0 Å². The summed E-state index contributed by atoms with van der Waals surface area (Å²) >= 11 is 0. The minimum absolute atomic E-state index is 0.104. The Balaban J connectivity index is 1.73. The second-order valence-electron chi connectivity index (χ2n) is 6.59. The van der Waals surface area contributed by atoms with Crippen LogP contribution in [0, 0.1) is 5.41 Å². The Kier molecular flexibility index (Phi) is 5.27. The third-order valence-corrected chi connectivity index (χ3v) is 4.79. The summed E-state index contributed by atoms with van der Waals surface area (Å²) in [6.45, 7) is 0. The van der Waals surface area contributed by atoms with Crippen LogP contribution in [-0.2, 0) is 4.74 Å². The third-order valence-electron chi connectivity index (χ3n) is 4.79. The Bertz CT molecular complexity index is 836. The summed E-state index contributed by atoms with van der Waals surface area (Å²) in [5.74, 6) is 0.136. The number of nitrogen functional groups attached to an aromatic ring is 1. The summed E-state index contributed by atoms with van der Waals surface area (Å²) in [5.41, 5.74) is 6.39. The zero-order chi connectivity index (χ0) is 19.4. The quantitative estimate of drug-likeness (QED) is 0.408. The van der Waals surface area contributed by atoms with Gasteiger partial charge in [0.1, 0.15) is 5.82 Å². The van der Waals surface area contributed by atoms with Gasteiger partial charge in [-0.05, 0) is 24.8 Å². The summed E-state index contributed by atoms with van der Waals surface area (Å²) in [6, 6.07) is 9.82. The van der Waals surface area contributed by atoms with Gasteiger partial charge in [0.15, 0.2) is 0 Å². The third kappa shape index (κ3) is 4.01. The van der Waals surface area contributed by atoms with Crippen LogP contribution in [-0.4, -0.2) is 34.7 Å². The molecule has 0 bridgehead atoms. The molecule has 6 N–H and O–H groups in total. The highest BCUT2D eigenvalue weighted by Crippen LogP contribution is 2.42. The molecule has 0 aliphatic heterocycles. The molecule has 1 unspecified atom stereocenters. The van der Waals surface area contributed by atoms with Crippen molar-refractivity contribution in [2.45, 2.75) is 30.9 Å². The Morgan fingerprint density at radius 2 is 2.07 bits per heavy atom. The van der Waals surface area contributed by atoms with Crippen molar-refractivity contribution in [2.75, 3.05) is 18.2 Å². The molecule has 1 saturated carbocycles. The monoisotopic (exact) mass is 369 g/mol. The molecule has 1 aliphatic rings. The number of amides is 2. The number of aromatic nitrogens is 1. The summed E-state index contributed by atoms with van der Waals surface area (Å²) in [7, 11) is 1.37. The van der Waals surface area contributed by atoms with Crippen LogP contribution in [0.5, 0.6) is 0 Å². The van der Waals surface area contributed by atoms with E-state index in [2.05, 4.69) is 15.6 Å². The van der Waals surface area contributed by atoms with Gasteiger partial charge in [-0.2, -0.15) is 0 Å². The molecule has 3 rings (SSSR count). The Labute approximate surface area is 157 Å². The first-order valence-electron chi connectivity index (χ1n) is 8.66. The molecule has 0 radical (unpaired) electrons. The lowest BCUT2D eigenvalue weighted by Gasteiger charge is -2.43. The summed E-state index contributed by atoms with van der Waals surface area (Å²) in [6.07, 6.45) is 3.55. The maximum Gasteiger partial charge on any atom is 0.320 e. The van der Waals surface area contributed by atoms with Gasteiger partial charge in [-0.25, -0.2) is 9.78 Å². The largest absolute Gasteiger partial charge is 0.481 e. The molecule has 8 heteroatoms. The van der Waals surface area contributed by atoms with Crippen molar-refractivity contribution in [3.05, 3.63) is 53.7 Å². The number of nitrogens with zero attached hydrogens (tertiary/aromatic N) is 1. The lowest BCUT2D eigenvalue weighted by Crippen LogP contribution is -2.51. The predicted molar refractivity (Wildman–Crippen MR) is 103 cm³/mol. The number of benzene rings is 1. The number of urea groups is 1. The second-order valence-corrected chi connectivity index (χ2v) is 6.59. The molecule has 1 atom stereocenters. The van der Waals surface area contributed by atoms with E-state index < -0.39 is 17.7 Å². The van der Waals surface area contributed by atoms with E-state index in [0.29, 0.717) is 18.4 Å². The van der Waals surface area contributed by atoms with Gasteiger partial charge in [0.2, 0.25) is 5.90 Å². The minimum Gasteiger partial charge on any atom is -0.481 e. The lowest BCUT2D eigenvalue weighted by atomic mass is 9.72. The van der Waals surface area contributed by atoms with Crippen LogP contribution in [0.1, 0.15) is 36.4 Å². The standard InChI is InChI=1S/C19H23N5O3/c1-27-17(21)13-11-22-15(10-14(13)20)23-18(25)24-16(19(26)8-5-9-19)12-6-3-2-4-7-12/h2-4,6-7,10-11,16,21,26H,5,8-9H2,1H3,(H4,20,22,23,24,25). The Hall–Kier alpha value is -3.13. The number of rotatable bonds is 5. The fourth-order valence-corrected chi connectivity index (χ4v) is 3.12. The van der Waals surface area contributed by atoms with E-state index in [0.717, 1.165) is 12.0 Å². The summed E-state index contributed by atoms with van der Waals surface area (Å²) in [4.78, 5) is 16.6. The highest BCUT2D eigenvalue weighted by Gasteiger charge is 2.43. The van der Waals surface area contributed by atoms with E-state index in [9.17, 15) is 9.90 Å². The fourth-order valence-electron chi connectivity index (χ4n) is 3.12. The number of ether oxygens (including phenoxy) is 1. The van der Waals surface area contributed by atoms with Crippen molar-refractivity contribution >= 4 is 23.4 Å². The van der Waals surface area contributed by atoms with Crippen molar-refractivity contribution in [3.63, 3.8) is 0 Å². The molecule has 2 amide bonds. The van der Waals surface area contributed by atoms with Gasteiger partial charge >= 0.3 is 6.03 Å². The summed E-state index contributed by atoms with van der Waals surface area (Å²) < 4.78 is 4.83. The fraction of sp³-hybridized carbons (Fsp3) is 0.316. The maximum absolute atomic E-state index is 12.5. The number of hydrogen-bond acceptors (Lipinski definition) is 6. The number of anilines is 2. The van der Waals surface area contributed by atoms with E-state index in [1.165, 1.54) is 19.4 Å². The van der Waals surface area contributed by atoms with E-state index in [-0.39, 0.29) is 17.4 Å². The topological polar surface area (TPSA) is 133 Å². The SMILES string of the molecule is COC(=N)c1cnc(NC(=O)NC(c2ccccc2)C2(O)CCC2)cc1N. The molecule has 142 valence electrons. The second kappa shape index (κ2) is 7.63. The highest BCUT2D eigenvalue weighted by molar-refractivity contribution is 5.97. The molecule has 1 aromatic heterocycles. The van der Waals surface area contributed by atoms with Crippen molar-refractivity contribution in [1.29, 1.82) is 5.41 Å². The van der Waals surface area contributed by atoms with Gasteiger partial charge in [0.25, 0.3) is 0 Å². The number of methoxy groups -OCH3 is 1. The molecule has 1 aliphatic carbocycles. The first-order chi connectivity index (χ1) is 12.9. The number of carbonyl (C=O) groups excluding carboxylic acids is 1. The van der Waals surface area contributed by atoms with Crippen molar-refractivity contribution in [3.8, 4) is 0 Å². The molecule has 1 aromatic carbocycles. The Morgan fingerprint density at radius 1 is 1.37 bits per heavy atom. The normalized spacial score (nSPS) is 15.9. The van der Waals surface area contributed by atoms with Crippen LogP contribution in [0.15, 0.2) is 42.6 Å². The number of nitrogens with one attached hydrogen (secondary N) is 3. The highest BCUT2D eigenvalue weighted by atomic mass is 16.5. The number of hydrogen-bond donors (Lipinski definition) is 5. The maximum atomic E-state index is 12.5. The van der Waals surface area contributed by atoms with Crippen molar-refractivity contribution in [2.24, 2.45) is 0 Å². The van der Waals surface area contributed by atoms with E-state index in [1.54, 1.807) is 0 Å². The molecule has 0 saturated heterocycles. The first kappa shape index (κ1) is 18.7.